The van der Waals surface area contributed by atoms with E-state index in [0.717, 1.165) is 48.0 Å². The van der Waals surface area contributed by atoms with E-state index in [1.807, 2.05) is 37.6 Å². The van der Waals surface area contributed by atoms with Crippen LogP contribution >= 0.6 is 0 Å². The summed E-state index contributed by atoms with van der Waals surface area (Å²) in [4.78, 5) is 21.5. The van der Waals surface area contributed by atoms with Gasteiger partial charge in [-0.2, -0.15) is 5.10 Å². The van der Waals surface area contributed by atoms with Crippen molar-refractivity contribution in [2.24, 2.45) is 13.0 Å². The summed E-state index contributed by atoms with van der Waals surface area (Å²) in [5.74, 6) is 0.927. The lowest BCUT2D eigenvalue weighted by atomic mass is 9.93. The summed E-state index contributed by atoms with van der Waals surface area (Å²) in [6, 6.07) is 6.08. The molecule has 0 radical (unpaired) electrons. The molecule has 25 heavy (non-hydrogen) atoms. The molecule has 0 spiro atoms. The van der Waals surface area contributed by atoms with Crippen molar-refractivity contribution in [3.8, 4) is 11.1 Å². The molecular weight excluding hydrogens is 314 g/mol. The number of rotatable bonds is 4. The summed E-state index contributed by atoms with van der Waals surface area (Å²) in [5, 5.41) is 8.48. The summed E-state index contributed by atoms with van der Waals surface area (Å²) in [7, 11) is 1.90. The van der Waals surface area contributed by atoms with E-state index in [1.165, 1.54) is 0 Å². The second-order valence-corrected chi connectivity index (χ2v) is 6.65. The first-order valence-corrected chi connectivity index (χ1v) is 8.67. The number of piperidine rings is 1. The number of ketones is 1. The van der Waals surface area contributed by atoms with Crippen LogP contribution in [0.15, 0.2) is 36.8 Å². The molecule has 1 aliphatic heterocycles. The largest absolute Gasteiger partial charge is 0.316 e. The Bertz CT molecular complexity index is 911. The maximum absolute atomic E-state index is 12.5. The standard InChI is InChI=1S/C19H21N5O/c1-24-12-16(11-22-24)13-4-5-14-10-21-19(23-17(14)7-13)8-18(25)15-3-2-6-20-9-15/h4-5,7,10-12,15,20H,2-3,6,8-9H2,1H3/t15-/m1/s1. The molecule has 6 heteroatoms. The first kappa shape index (κ1) is 15.9. The molecule has 1 aliphatic rings. The molecule has 0 aliphatic carbocycles. The van der Waals surface area contributed by atoms with Crippen LogP contribution in [-0.4, -0.2) is 38.6 Å². The highest BCUT2D eigenvalue weighted by atomic mass is 16.1. The number of aromatic nitrogens is 4. The first-order valence-electron chi connectivity index (χ1n) is 8.67. The summed E-state index contributed by atoms with van der Waals surface area (Å²) in [5.41, 5.74) is 2.97. The highest BCUT2D eigenvalue weighted by Crippen LogP contribution is 2.23. The van der Waals surface area contributed by atoms with Crippen LogP contribution < -0.4 is 5.32 Å². The molecule has 3 aromatic rings. The van der Waals surface area contributed by atoms with Gasteiger partial charge in [0, 0.05) is 42.9 Å². The van der Waals surface area contributed by atoms with Crippen molar-refractivity contribution in [2.45, 2.75) is 19.3 Å². The molecule has 6 nitrogen and oxygen atoms in total. The van der Waals surface area contributed by atoms with Crippen molar-refractivity contribution in [3.63, 3.8) is 0 Å². The van der Waals surface area contributed by atoms with Gasteiger partial charge in [-0.15, -0.1) is 0 Å². The van der Waals surface area contributed by atoms with E-state index in [-0.39, 0.29) is 11.7 Å². The molecule has 1 fully saturated rings. The quantitative estimate of drug-likeness (QED) is 0.791. The molecule has 2 aromatic heterocycles. The van der Waals surface area contributed by atoms with Gasteiger partial charge in [0.1, 0.15) is 11.6 Å². The molecule has 128 valence electrons. The summed E-state index contributed by atoms with van der Waals surface area (Å²) >= 11 is 0. The number of Topliss-reactive ketones (excluding diaryl/α,β-unsaturated/α-hetero) is 1. The van der Waals surface area contributed by atoms with Gasteiger partial charge >= 0.3 is 0 Å². The fraction of sp³-hybridized carbons (Fsp3) is 0.368. The Morgan fingerprint density at radius 2 is 2.24 bits per heavy atom. The van der Waals surface area contributed by atoms with Crippen molar-refractivity contribution >= 4 is 16.7 Å². The fourth-order valence-corrected chi connectivity index (χ4v) is 3.32. The number of hydrogen-bond acceptors (Lipinski definition) is 5. The van der Waals surface area contributed by atoms with Gasteiger partial charge in [-0.05, 0) is 31.0 Å². The predicted molar refractivity (Wildman–Crippen MR) is 96.0 cm³/mol. The highest BCUT2D eigenvalue weighted by Gasteiger charge is 2.21. The summed E-state index contributed by atoms with van der Waals surface area (Å²) < 4.78 is 1.78. The van der Waals surface area contributed by atoms with Crippen LogP contribution in [0.1, 0.15) is 18.7 Å². The Balaban J connectivity index is 1.59. The minimum Gasteiger partial charge on any atom is -0.316 e. The van der Waals surface area contributed by atoms with Gasteiger partial charge in [0.2, 0.25) is 0 Å². The number of fused-ring (bicyclic) bond motifs is 1. The summed E-state index contributed by atoms with van der Waals surface area (Å²) in [6.07, 6.45) is 7.94. The van der Waals surface area contributed by atoms with Crippen molar-refractivity contribution in [1.82, 2.24) is 25.1 Å². The monoisotopic (exact) mass is 335 g/mol. The van der Waals surface area contributed by atoms with Crippen LogP contribution in [0, 0.1) is 5.92 Å². The Kier molecular flexibility index (Phi) is 4.28. The lowest BCUT2D eigenvalue weighted by Gasteiger charge is -2.21. The minimum absolute atomic E-state index is 0.0924. The third-order valence-electron chi connectivity index (χ3n) is 4.76. The maximum atomic E-state index is 12.5. The number of nitrogens with one attached hydrogen (secondary N) is 1. The Morgan fingerprint density at radius 1 is 1.32 bits per heavy atom. The normalized spacial score (nSPS) is 17.7. The lowest BCUT2D eigenvalue weighted by molar-refractivity contribution is -0.122. The molecule has 0 unspecified atom stereocenters. The Hall–Kier alpha value is -2.60. The van der Waals surface area contributed by atoms with E-state index in [9.17, 15) is 4.79 Å². The van der Waals surface area contributed by atoms with Crippen molar-refractivity contribution in [3.05, 3.63) is 42.6 Å². The van der Waals surface area contributed by atoms with E-state index in [4.69, 9.17) is 0 Å². The fourth-order valence-electron chi connectivity index (χ4n) is 3.32. The Labute approximate surface area is 146 Å². The van der Waals surface area contributed by atoms with Crippen LogP contribution in [0.4, 0.5) is 0 Å². The van der Waals surface area contributed by atoms with Gasteiger partial charge in [-0.1, -0.05) is 12.1 Å². The van der Waals surface area contributed by atoms with Gasteiger partial charge in [0.15, 0.2) is 0 Å². The van der Waals surface area contributed by atoms with Crippen molar-refractivity contribution < 1.29 is 4.79 Å². The van der Waals surface area contributed by atoms with E-state index in [1.54, 1.807) is 10.9 Å². The van der Waals surface area contributed by atoms with Gasteiger partial charge in [-0.3, -0.25) is 9.48 Å². The van der Waals surface area contributed by atoms with Gasteiger partial charge < -0.3 is 5.32 Å². The number of aryl methyl sites for hydroxylation is 1. The van der Waals surface area contributed by atoms with E-state index >= 15 is 0 Å². The third kappa shape index (κ3) is 3.44. The predicted octanol–water partition coefficient (Wildman–Crippen LogP) is 2.14. The van der Waals surface area contributed by atoms with Gasteiger partial charge in [0.05, 0.1) is 18.1 Å². The molecule has 1 aromatic carbocycles. The van der Waals surface area contributed by atoms with Gasteiger partial charge in [-0.25, -0.2) is 9.97 Å². The number of carbonyl (C=O) groups excluding carboxylic acids is 1. The molecular formula is C19H21N5O. The molecule has 1 saturated heterocycles. The number of nitrogens with zero attached hydrogens (tertiary/aromatic N) is 4. The lowest BCUT2D eigenvalue weighted by Crippen LogP contribution is -2.35. The molecule has 4 rings (SSSR count). The zero-order valence-electron chi connectivity index (χ0n) is 14.3. The second-order valence-electron chi connectivity index (χ2n) is 6.65. The van der Waals surface area contributed by atoms with Crippen molar-refractivity contribution in [2.75, 3.05) is 13.1 Å². The number of benzene rings is 1. The molecule has 0 amide bonds. The minimum atomic E-state index is 0.0924. The molecule has 0 saturated carbocycles. The Morgan fingerprint density at radius 3 is 3.00 bits per heavy atom. The first-order chi connectivity index (χ1) is 12.2. The van der Waals surface area contributed by atoms with Crippen LogP contribution in [-0.2, 0) is 18.3 Å². The van der Waals surface area contributed by atoms with E-state index < -0.39 is 0 Å². The zero-order chi connectivity index (χ0) is 17.2. The van der Waals surface area contributed by atoms with Crippen molar-refractivity contribution in [1.29, 1.82) is 0 Å². The zero-order valence-corrected chi connectivity index (χ0v) is 14.3. The van der Waals surface area contributed by atoms with E-state index in [0.29, 0.717) is 12.2 Å². The molecule has 0 bridgehead atoms. The number of hydrogen-bond donors (Lipinski definition) is 1. The molecule has 1 atom stereocenters. The van der Waals surface area contributed by atoms with Crippen LogP contribution in [0.25, 0.3) is 22.0 Å². The van der Waals surface area contributed by atoms with Crippen LogP contribution in [0.3, 0.4) is 0 Å². The van der Waals surface area contributed by atoms with E-state index in [2.05, 4.69) is 20.4 Å². The topological polar surface area (TPSA) is 72.7 Å². The molecule has 3 heterocycles. The maximum Gasteiger partial charge on any atom is 0.144 e. The van der Waals surface area contributed by atoms with Crippen LogP contribution in [0.5, 0.6) is 0 Å². The van der Waals surface area contributed by atoms with Crippen LogP contribution in [0.2, 0.25) is 0 Å². The summed E-state index contributed by atoms with van der Waals surface area (Å²) in [6.45, 7) is 1.78. The second kappa shape index (κ2) is 6.72. The smallest absolute Gasteiger partial charge is 0.144 e. The number of carbonyl (C=O) groups is 1. The SMILES string of the molecule is Cn1cc(-c2ccc3cnc(CC(=O)[C@@H]4CCCNC4)nc3c2)cn1. The average molecular weight is 335 g/mol. The van der Waals surface area contributed by atoms with Gasteiger partial charge in [0.25, 0.3) is 0 Å². The average Bonchev–Trinajstić information content (AvgIpc) is 3.08. The molecule has 1 N–H and O–H groups in total. The highest BCUT2D eigenvalue weighted by molar-refractivity contribution is 5.85. The third-order valence-corrected chi connectivity index (χ3v) is 4.76.